The van der Waals surface area contributed by atoms with Crippen LogP contribution in [0.4, 0.5) is 0 Å². The number of carboxylic acids is 1. The Balaban J connectivity index is 2.71. The molecule has 0 bridgehead atoms. The van der Waals surface area contributed by atoms with Crippen molar-refractivity contribution in [2.75, 3.05) is 13.6 Å². The van der Waals surface area contributed by atoms with E-state index in [0.717, 1.165) is 6.20 Å². The quantitative estimate of drug-likeness (QED) is 0.769. The van der Waals surface area contributed by atoms with Crippen LogP contribution in [0.3, 0.4) is 0 Å². The molecule has 0 spiro atoms. The second kappa shape index (κ2) is 5.11. The van der Waals surface area contributed by atoms with Gasteiger partial charge in [-0.2, -0.15) is 0 Å². The molecule has 0 aliphatic carbocycles. The van der Waals surface area contributed by atoms with Gasteiger partial charge in [-0.3, -0.25) is 14.6 Å². The molecule has 0 atom stereocenters. The highest BCUT2D eigenvalue weighted by Crippen LogP contribution is 2.15. The Bertz CT molecular complexity index is 406. The number of hydrogen-bond acceptors (Lipinski definition) is 4. The molecule has 86 valence electrons. The van der Waals surface area contributed by atoms with E-state index < -0.39 is 11.9 Å². The Morgan fingerprint density at radius 1 is 1.50 bits per heavy atom. The number of carbonyl (C=O) groups excluding carboxylic acids is 1. The van der Waals surface area contributed by atoms with Crippen LogP contribution < -0.4 is 0 Å². The minimum Gasteiger partial charge on any atom is -0.505 e. The van der Waals surface area contributed by atoms with Gasteiger partial charge in [0.1, 0.15) is 5.75 Å². The maximum atomic E-state index is 11.7. The summed E-state index contributed by atoms with van der Waals surface area (Å²) in [5.74, 6) is -1.62. The molecule has 0 radical (unpaired) electrons. The monoisotopic (exact) mass is 224 g/mol. The van der Waals surface area contributed by atoms with Gasteiger partial charge in [-0.15, -0.1) is 0 Å². The SMILES string of the molecule is CN(CCC(=O)O)C(=O)c1ccncc1O. The number of rotatable bonds is 4. The van der Waals surface area contributed by atoms with Crippen LogP contribution in [-0.2, 0) is 4.79 Å². The number of aromatic nitrogens is 1. The van der Waals surface area contributed by atoms with Gasteiger partial charge in [0.25, 0.3) is 5.91 Å². The van der Waals surface area contributed by atoms with Crippen molar-refractivity contribution in [1.82, 2.24) is 9.88 Å². The van der Waals surface area contributed by atoms with Gasteiger partial charge in [-0.1, -0.05) is 0 Å². The summed E-state index contributed by atoms with van der Waals surface area (Å²) in [6.45, 7) is 0.0932. The topological polar surface area (TPSA) is 90.7 Å². The molecule has 0 aromatic carbocycles. The van der Waals surface area contributed by atoms with E-state index in [9.17, 15) is 14.7 Å². The molecule has 2 N–H and O–H groups in total. The normalized spacial score (nSPS) is 9.81. The van der Waals surface area contributed by atoms with Gasteiger partial charge in [-0.05, 0) is 6.07 Å². The van der Waals surface area contributed by atoms with E-state index in [2.05, 4.69) is 4.98 Å². The van der Waals surface area contributed by atoms with Crippen LogP contribution in [0, 0.1) is 0 Å². The number of nitrogens with zero attached hydrogens (tertiary/aromatic N) is 2. The average molecular weight is 224 g/mol. The van der Waals surface area contributed by atoms with E-state index >= 15 is 0 Å². The molecule has 1 rings (SSSR count). The second-order valence-electron chi connectivity index (χ2n) is 3.26. The lowest BCUT2D eigenvalue weighted by atomic mass is 10.2. The summed E-state index contributed by atoms with van der Waals surface area (Å²) in [4.78, 5) is 26.9. The molecule has 1 aromatic heterocycles. The zero-order valence-electron chi connectivity index (χ0n) is 8.75. The number of pyridine rings is 1. The number of hydrogen-bond donors (Lipinski definition) is 2. The van der Waals surface area contributed by atoms with E-state index in [1.165, 1.54) is 24.2 Å². The van der Waals surface area contributed by atoms with Crippen LogP contribution >= 0.6 is 0 Å². The Kier molecular flexibility index (Phi) is 3.82. The lowest BCUT2D eigenvalue weighted by Crippen LogP contribution is -2.29. The van der Waals surface area contributed by atoms with Crippen LogP contribution in [-0.4, -0.2) is 45.6 Å². The molecule has 6 nitrogen and oxygen atoms in total. The molecular formula is C10H12N2O4. The van der Waals surface area contributed by atoms with Crippen LogP contribution in [0.15, 0.2) is 18.5 Å². The maximum absolute atomic E-state index is 11.7. The summed E-state index contributed by atoms with van der Waals surface area (Å²) < 4.78 is 0. The third-order valence-electron chi connectivity index (χ3n) is 2.04. The minimum atomic E-state index is -0.974. The standard InChI is InChI=1S/C10H12N2O4/c1-12(5-3-9(14)15)10(16)7-2-4-11-6-8(7)13/h2,4,6,13H,3,5H2,1H3,(H,14,15). The number of carboxylic acid groups (broad SMARTS) is 1. The van der Waals surface area contributed by atoms with Crippen molar-refractivity contribution in [3.8, 4) is 5.75 Å². The smallest absolute Gasteiger partial charge is 0.305 e. The summed E-state index contributed by atoms with van der Waals surface area (Å²) in [6.07, 6.45) is 2.42. The van der Waals surface area contributed by atoms with Crippen molar-refractivity contribution in [2.24, 2.45) is 0 Å². The molecule has 1 heterocycles. The zero-order chi connectivity index (χ0) is 12.1. The van der Waals surface area contributed by atoms with Gasteiger partial charge < -0.3 is 15.1 Å². The number of aromatic hydroxyl groups is 1. The van der Waals surface area contributed by atoms with Crippen LogP contribution in [0.1, 0.15) is 16.8 Å². The van der Waals surface area contributed by atoms with E-state index in [-0.39, 0.29) is 24.3 Å². The number of amides is 1. The van der Waals surface area contributed by atoms with E-state index in [4.69, 9.17) is 5.11 Å². The fourth-order valence-corrected chi connectivity index (χ4v) is 1.14. The lowest BCUT2D eigenvalue weighted by molar-refractivity contribution is -0.137. The van der Waals surface area contributed by atoms with Crippen molar-refractivity contribution in [3.05, 3.63) is 24.0 Å². The van der Waals surface area contributed by atoms with E-state index in [1.54, 1.807) is 0 Å². The molecule has 1 aromatic rings. The van der Waals surface area contributed by atoms with Crippen molar-refractivity contribution in [2.45, 2.75) is 6.42 Å². The van der Waals surface area contributed by atoms with Gasteiger partial charge in [0, 0.05) is 19.8 Å². The van der Waals surface area contributed by atoms with Crippen molar-refractivity contribution in [3.63, 3.8) is 0 Å². The molecule has 0 aliphatic rings. The second-order valence-corrected chi connectivity index (χ2v) is 3.26. The molecule has 0 fully saturated rings. The first kappa shape index (κ1) is 12.0. The highest BCUT2D eigenvalue weighted by molar-refractivity contribution is 5.96. The van der Waals surface area contributed by atoms with Gasteiger partial charge >= 0.3 is 5.97 Å². The summed E-state index contributed by atoms with van der Waals surface area (Å²) in [5.41, 5.74) is 0.114. The van der Waals surface area contributed by atoms with Crippen LogP contribution in [0.2, 0.25) is 0 Å². The summed E-state index contributed by atoms with van der Waals surface area (Å²) in [6, 6.07) is 1.38. The summed E-state index contributed by atoms with van der Waals surface area (Å²) >= 11 is 0. The van der Waals surface area contributed by atoms with Crippen molar-refractivity contribution < 1.29 is 19.8 Å². The van der Waals surface area contributed by atoms with Crippen molar-refractivity contribution in [1.29, 1.82) is 0 Å². The first-order chi connectivity index (χ1) is 7.52. The Labute approximate surface area is 92.1 Å². The van der Waals surface area contributed by atoms with Crippen LogP contribution in [0.25, 0.3) is 0 Å². The molecule has 0 aliphatic heterocycles. The lowest BCUT2D eigenvalue weighted by Gasteiger charge is -2.16. The first-order valence-electron chi connectivity index (χ1n) is 4.62. The maximum Gasteiger partial charge on any atom is 0.305 e. The Hall–Kier alpha value is -2.11. The molecule has 0 saturated carbocycles. The van der Waals surface area contributed by atoms with Gasteiger partial charge in [0.2, 0.25) is 0 Å². The highest BCUT2D eigenvalue weighted by atomic mass is 16.4. The molecule has 0 saturated heterocycles. The van der Waals surface area contributed by atoms with Crippen LogP contribution in [0.5, 0.6) is 5.75 Å². The Morgan fingerprint density at radius 2 is 2.19 bits per heavy atom. The molecule has 16 heavy (non-hydrogen) atoms. The molecule has 6 heteroatoms. The van der Waals surface area contributed by atoms with E-state index in [1.807, 2.05) is 0 Å². The number of aliphatic carboxylic acids is 1. The summed E-state index contributed by atoms with van der Waals surface area (Å²) in [7, 11) is 1.48. The fourth-order valence-electron chi connectivity index (χ4n) is 1.14. The number of carbonyl (C=O) groups is 2. The average Bonchev–Trinajstić information content (AvgIpc) is 2.25. The minimum absolute atomic E-state index is 0.0932. The largest absolute Gasteiger partial charge is 0.505 e. The molecule has 1 amide bonds. The summed E-state index contributed by atoms with van der Waals surface area (Å²) in [5, 5.41) is 17.9. The van der Waals surface area contributed by atoms with Gasteiger partial charge in [-0.25, -0.2) is 0 Å². The fraction of sp³-hybridized carbons (Fsp3) is 0.300. The highest BCUT2D eigenvalue weighted by Gasteiger charge is 2.15. The Morgan fingerprint density at radius 3 is 2.75 bits per heavy atom. The van der Waals surface area contributed by atoms with E-state index in [0.29, 0.717) is 0 Å². The first-order valence-corrected chi connectivity index (χ1v) is 4.62. The third-order valence-corrected chi connectivity index (χ3v) is 2.04. The van der Waals surface area contributed by atoms with Crippen molar-refractivity contribution >= 4 is 11.9 Å². The predicted octanol–water partition coefficient (Wildman–Crippen LogP) is 0.334. The molecule has 0 unspecified atom stereocenters. The zero-order valence-corrected chi connectivity index (χ0v) is 8.75. The predicted molar refractivity (Wildman–Crippen MR) is 55.1 cm³/mol. The third kappa shape index (κ3) is 2.94. The molecular weight excluding hydrogens is 212 g/mol. The van der Waals surface area contributed by atoms with Gasteiger partial charge in [0.05, 0.1) is 18.2 Å². The van der Waals surface area contributed by atoms with Gasteiger partial charge in [0.15, 0.2) is 0 Å².